The van der Waals surface area contributed by atoms with Crippen LogP contribution < -0.4 is 0 Å². The highest BCUT2D eigenvalue weighted by Crippen LogP contribution is 2.20. The molecule has 0 saturated carbocycles. The van der Waals surface area contributed by atoms with E-state index in [1.54, 1.807) is 40.9 Å². The third-order valence-corrected chi connectivity index (χ3v) is 5.13. The van der Waals surface area contributed by atoms with Gasteiger partial charge in [0.05, 0.1) is 12.5 Å². The molecule has 2 heterocycles. The maximum atomic E-state index is 12.5. The lowest BCUT2D eigenvalue weighted by Crippen LogP contribution is -2.48. The van der Waals surface area contributed by atoms with Gasteiger partial charge in [0.25, 0.3) is 0 Å². The molecule has 2 aromatic rings. The van der Waals surface area contributed by atoms with Crippen LogP contribution in [0.1, 0.15) is 6.42 Å². The molecule has 1 N–H and O–H groups in total. The number of hydrogen-bond acceptors (Lipinski definition) is 6. The number of nitrogens with zero attached hydrogens (tertiary/aromatic N) is 5. The molecule has 1 atom stereocenters. The number of thioether (sulfide) groups is 1. The van der Waals surface area contributed by atoms with Crippen molar-refractivity contribution in [3.05, 3.63) is 29.3 Å². The van der Waals surface area contributed by atoms with E-state index in [0.29, 0.717) is 23.1 Å². The van der Waals surface area contributed by atoms with Crippen LogP contribution in [0.25, 0.3) is 11.4 Å². The van der Waals surface area contributed by atoms with Crippen LogP contribution in [-0.4, -0.2) is 66.2 Å². The largest absolute Gasteiger partial charge is 0.481 e. The molecule has 1 aliphatic heterocycles. The van der Waals surface area contributed by atoms with Crippen molar-refractivity contribution < 1.29 is 14.7 Å². The first-order valence-electron chi connectivity index (χ1n) is 7.65. The van der Waals surface area contributed by atoms with E-state index in [0.717, 1.165) is 11.3 Å². The molecule has 1 fully saturated rings. The van der Waals surface area contributed by atoms with Gasteiger partial charge in [-0.25, -0.2) is 0 Å². The number of carboxylic acids is 1. The van der Waals surface area contributed by atoms with Crippen molar-refractivity contribution in [2.45, 2.75) is 19.0 Å². The van der Waals surface area contributed by atoms with E-state index < -0.39 is 5.97 Å². The number of aliphatic carboxylic acids is 1. The van der Waals surface area contributed by atoms with Gasteiger partial charge in [0.1, 0.15) is 6.54 Å². The Morgan fingerprint density at radius 1 is 1.32 bits per heavy atom. The van der Waals surface area contributed by atoms with Gasteiger partial charge in [0.15, 0.2) is 0 Å². The fourth-order valence-corrected chi connectivity index (χ4v) is 3.78. The molecule has 25 heavy (non-hydrogen) atoms. The number of hydrogen-bond donors (Lipinski definition) is 1. The normalized spacial score (nSPS) is 17.5. The van der Waals surface area contributed by atoms with Crippen molar-refractivity contribution in [3.8, 4) is 11.4 Å². The Bertz CT molecular complexity index is 767. The number of halogens is 1. The molecule has 3 rings (SSSR count). The monoisotopic (exact) mass is 381 g/mol. The average molecular weight is 382 g/mol. The minimum atomic E-state index is -0.908. The molecule has 1 aromatic carbocycles. The predicted octanol–water partition coefficient (Wildman–Crippen LogP) is 1.41. The number of benzene rings is 1. The van der Waals surface area contributed by atoms with Gasteiger partial charge >= 0.3 is 5.97 Å². The van der Waals surface area contributed by atoms with Crippen LogP contribution >= 0.6 is 23.4 Å². The Hall–Kier alpha value is -2.13. The fraction of sp³-hybridized carbons (Fsp3) is 0.400. The van der Waals surface area contributed by atoms with Gasteiger partial charge in [-0.15, -0.1) is 10.2 Å². The summed E-state index contributed by atoms with van der Waals surface area (Å²) in [7, 11) is 0. The van der Waals surface area contributed by atoms with Crippen molar-refractivity contribution in [3.63, 3.8) is 0 Å². The quantitative estimate of drug-likeness (QED) is 0.835. The highest BCUT2D eigenvalue weighted by Gasteiger charge is 2.29. The first-order valence-corrected chi connectivity index (χ1v) is 9.19. The van der Waals surface area contributed by atoms with Crippen molar-refractivity contribution >= 4 is 35.2 Å². The third kappa shape index (κ3) is 4.49. The fourth-order valence-electron chi connectivity index (χ4n) is 2.59. The zero-order valence-electron chi connectivity index (χ0n) is 13.2. The van der Waals surface area contributed by atoms with Crippen LogP contribution in [0.15, 0.2) is 24.3 Å². The van der Waals surface area contributed by atoms with Crippen LogP contribution in [0, 0.1) is 0 Å². The molecule has 8 nitrogen and oxygen atoms in total. The van der Waals surface area contributed by atoms with Crippen molar-refractivity contribution in [1.82, 2.24) is 25.1 Å². The zero-order chi connectivity index (χ0) is 17.8. The van der Waals surface area contributed by atoms with Gasteiger partial charge < -0.3 is 10.0 Å². The van der Waals surface area contributed by atoms with Crippen LogP contribution in [-0.2, 0) is 16.1 Å². The number of tetrazole rings is 1. The van der Waals surface area contributed by atoms with E-state index in [9.17, 15) is 9.59 Å². The molecule has 1 unspecified atom stereocenters. The molecule has 0 aliphatic carbocycles. The zero-order valence-corrected chi connectivity index (χ0v) is 14.8. The van der Waals surface area contributed by atoms with Crippen LogP contribution in [0.5, 0.6) is 0 Å². The standard InChI is InChI=1S/C15H16ClN5O3S/c16-11-3-1-10(2-4-11)15-17-19-21(18-15)8-13(22)20-5-6-25-9-12(20)7-14(23)24/h1-4,12H,5-9H2,(H,23,24). The van der Waals surface area contributed by atoms with Crippen molar-refractivity contribution in [1.29, 1.82) is 0 Å². The van der Waals surface area contributed by atoms with E-state index in [4.69, 9.17) is 16.7 Å². The minimum absolute atomic E-state index is 0.0560. The lowest BCUT2D eigenvalue weighted by Gasteiger charge is -2.34. The molecule has 0 radical (unpaired) electrons. The van der Waals surface area contributed by atoms with Crippen LogP contribution in [0.4, 0.5) is 0 Å². The summed E-state index contributed by atoms with van der Waals surface area (Å²) in [6.45, 7) is 0.460. The summed E-state index contributed by atoms with van der Waals surface area (Å²) in [5.74, 6) is 0.711. The number of amides is 1. The van der Waals surface area contributed by atoms with Crippen LogP contribution in [0.2, 0.25) is 5.02 Å². The number of carbonyl (C=O) groups excluding carboxylic acids is 1. The number of aromatic nitrogens is 4. The van der Waals surface area contributed by atoms with Crippen molar-refractivity contribution in [2.75, 3.05) is 18.1 Å². The van der Waals surface area contributed by atoms with Gasteiger partial charge in [-0.2, -0.15) is 16.6 Å². The first kappa shape index (κ1) is 17.7. The lowest BCUT2D eigenvalue weighted by atomic mass is 10.2. The highest BCUT2D eigenvalue weighted by atomic mass is 35.5. The molecule has 1 amide bonds. The van der Waals surface area contributed by atoms with E-state index in [-0.39, 0.29) is 24.9 Å². The lowest BCUT2D eigenvalue weighted by molar-refractivity contribution is -0.140. The number of carboxylic acid groups (broad SMARTS) is 1. The summed E-state index contributed by atoms with van der Waals surface area (Å²) in [5, 5.41) is 21.7. The molecular weight excluding hydrogens is 366 g/mol. The van der Waals surface area contributed by atoms with E-state index in [2.05, 4.69) is 15.4 Å². The van der Waals surface area contributed by atoms with E-state index in [1.807, 2.05) is 0 Å². The van der Waals surface area contributed by atoms with Crippen molar-refractivity contribution in [2.24, 2.45) is 0 Å². The highest BCUT2D eigenvalue weighted by molar-refractivity contribution is 7.99. The molecule has 10 heteroatoms. The molecule has 1 saturated heterocycles. The summed E-state index contributed by atoms with van der Waals surface area (Å²) in [4.78, 5) is 26.3. The maximum absolute atomic E-state index is 12.5. The third-order valence-electron chi connectivity index (χ3n) is 3.79. The Morgan fingerprint density at radius 3 is 2.80 bits per heavy atom. The smallest absolute Gasteiger partial charge is 0.305 e. The first-order chi connectivity index (χ1) is 12.0. The Morgan fingerprint density at radius 2 is 2.08 bits per heavy atom. The summed E-state index contributed by atoms with van der Waals surface area (Å²) in [5.41, 5.74) is 0.751. The average Bonchev–Trinajstić information content (AvgIpc) is 3.04. The Kier molecular flexibility index (Phi) is 5.54. The summed E-state index contributed by atoms with van der Waals surface area (Å²) < 4.78 is 0. The van der Waals surface area contributed by atoms with E-state index >= 15 is 0 Å². The second kappa shape index (κ2) is 7.83. The second-order valence-electron chi connectivity index (χ2n) is 5.56. The van der Waals surface area contributed by atoms with Gasteiger partial charge in [-0.3, -0.25) is 9.59 Å². The second-order valence-corrected chi connectivity index (χ2v) is 7.15. The number of rotatable bonds is 5. The Balaban J connectivity index is 1.68. The van der Waals surface area contributed by atoms with E-state index in [1.165, 1.54) is 4.80 Å². The SMILES string of the molecule is O=C(O)CC1CSCCN1C(=O)Cn1nnc(-c2ccc(Cl)cc2)n1. The molecular formula is C15H16ClN5O3S. The molecule has 1 aliphatic rings. The topological polar surface area (TPSA) is 101 Å². The minimum Gasteiger partial charge on any atom is -0.481 e. The molecule has 0 spiro atoms. The number of carbonyl (C=O) groups is 2. The predicted molar refractivity (Wildman–Crippen MR) is 93.3 cm³/mol. The van der Waals surface area contributed by atoms with Gasteiger partial charge in [-0.1, -0.05) is 11.6 Å². The summed E-state index contributed by atoms with van der Waals surface area (Å²) in [6.07, 6.45) is -0.0560. The molecule has 0 bridgehead atoms. The van der Waals surface area contributed by atoms with Gasteiger partial charge in [0.2, 0.25) is 11.7 Å². The summed E-state index contributed by atoms with van der Waals surface area (Å²) >= 11 is 7.51. The molecule has 1 aromatic heterocycles. The van der Waals surface area contributed by atoms with Gasteiger partial charge in [-0.05, 0) is 29.5 Å². The molecule has 132 valence electrons. The maximum Gasteiger partial charge on any atom is 0.305 e. The Labute approximate surface area is 153 Å². The van der Waals surface area contributed by atoms with Crippen LogP contribution in [0.3, 0.4) is 0 Å². The summed E-state index contributed by atoms with van der Waals surface area (Å²) in [6, 6.07) is 6.70. The van der Waals surface area contributed by atoms with Gasteiger partial charge in [0, 0.05) is 28.6 Å².